The van der Waals surface area contributed by atoms with Crippen molar-refractivity contribution >= 4 is 21.6 Å². The van der Waals surface area contributed by atoms with Gasteiger partial charge in [0.05, 0.1) is 17.6 Å². The van der Waals surface area contributed by atoms with Gasteiger partial charge in [-0.15, -0.1) is 0 Å². The first-order chi connectivity index (χ1) is 16.2. The van der Waals surface area contributed by atoms with Gasteiger partial charge in [0, 0.05) is 30.1 Å². The topological polar surface area (TPSA) is 112 Å². The van der Waals surface area contributed by atoms with Crippen LogP contribution in [0.25, 0.3) is 11.3 Å². The number of benzene rings is 2. The van der Waals surface area contributed by atoms with Crippen molar-refractivity contribution in [3.63, 3.8) is 0 Å². The van der Waals surface area contributed by atoms with Gasteiger partial charge in [0.2, 0.25) is 10.0 Å². The molecule has 34 heavy (non-hydrogen) atoms. The largest absolute Gasteiger partial charge is 0.497 e. The molecule has 9 nitrogen and oxygen atoms in total. The summed E-state index contributed by atoms with van der Waals surface area (Å²) < 4.78 is 39.9. The van der Waals surface area contributed by atoms with Crippen molar-refractivity contribution in [1.29, 1.82) is 0 Å². The van der Waals surface area contributed by atoms with Crippen LogP contribution in [0.3, 0.4) is 0 Å². The Morgan fingerprint density at radius 2 is 1.94 bits per heavy atom. The van der Waals surface area contributed by atoms with Crippen LogP contribution in [0.5, 0.6) is 5.75 Å². The summed E-state index contributed by atoms with van der Waals surface area (Å²) in [6, 6.07) is 12.1. The number of rotatable bonds is 10. The molecule has 0 aliphatic rings. The Kier molecular flexibility index (Phi) is 8.08. The predicted molar refractivity (Wildman–Crippen MR) is 131 cm³/mol. The molecule has 182 valence electrons. The number of hydrogen-bond donors (Lipinski definition) is 2. The van der Waals surface area contributed by atoms with Gasteiger partial charge in [0.1, 0.15) is 18.2 Å². The monoisotopic (exact) mass is 486 g/mol. The van der Waals surface area contributed by atoms with Crippen molar-refractivity contribution in [3.05, 3.63) is 59.8 Å². The fourth-order valence-electron chi connectivity index (χ4n) is 3.27. The minimum atomic E-state index is -3.81. The maximum absolute atomic E-state index is 13.3. The van der Waals surface area contributed by atoms with E-state index in [9.17, 15) is 13.2 Å². The summed E-state index contributed by atoms with van der Waals surface area (Å²) in [6.07, 6.45) is 1.68. The van der Waals surface area contributed by atoms with Gasteiger partial charge in [-0.25, -0.2) is 8.42 Å². The number of aryl methyl sites for hydroxylation is 1. The molecular formula is C24H30N4O5S. The normalized spacial score (nSPS) is 11.6. The maximum Gasteiger partial charge on any atom is 0.259 e. The Bertz CT molecular complexity index is 1270. The van der Waals surface area contributed by atoms with E-state index >= 15 is 0 Å². The first-order valence-electron chi connectivity index (χ1n) is 10.9. The number of anilines is 1. The Morgan fingerprint density at radius 3 is 2.62 bits per heavy atom. The first kappa shape index (κ1) is 25.4. The molecule has 10 heteroatoms. The van der Waals surface area contributed by atoms with Crippen molar-refractivity contribution in [2.24, 2.45) is 0 Å². The average molecular weight is 487 g/mol. The number of aromatic nitrogens is 2. The molecule has 1 aromatic heterocycles. The highest BCUT2D eigenvalue weighted by molar-refractivity contribution is 7.89. The van der Waals surface area contributed by atoms with Gasteiger partial charge in [0.25, 0.3) is 5.91 Å². The molecule has 0 unspecified atom stereocenters. The highest BCUT2D eigenvalue weighted by Gasteiger charge is 2.21. The van der Waals surface area contributed by atoms with Gasteiger partial charge in [-0.05, 0) is 57.5 Å². The van der Waals surface area contributed by atoms with E-state index in [1.165, 1.54) is 6.07 Å². The smallest absolute Gasteiger partial charge is 0.259 e. The Morgan fingerprint density at radius 1 is 1.18 bits per heavy atom. The van der Waals surface area contributed by atoms with Crippen LogP contribution >= 0.6 is 0 Å². The molecule has 0 bridgehead atoms. The molecule has 1 amide bonds. The van der Waals surface area contributed by atoms with Crippen molar-refractivity contribution in [1.82, 2.24) is 14.5 Å². The quantitative estimate of drug-likeness (QED) is 0.331. The minimum Gasteiger partial charge on any atom is -0.497 e. The fourth-order valence-corrected chi connectivity index (χ4v) is 4.44. The number of sulfonamides is 1. The third-order valence-electron chi connectivity index (χ3n) is 5.14. The summed E-state index contributed by atoms with van der Waals surface area (Å²) in [7, 11) is -2.23. The van der Waals surface area contributed by atoms with Crippen LogP contribution in [0.2, 0.25) is 0 Å². The summed E-state index contributed by atoms with van der Waals surface area (Å²) >= 11 is 0. The van der Waals surface area contributed by atoms with Crippen molar-refractivity contribution in [3.8, 4) is 17.0 Å². The molecule has 0 spiro atoms. The average Bonchev–Trinajstić information content (AvgIpc) is 3.26. The zero-order valence-corrected chi connectivity index (χ0v) is 20.8. The van der Waals surface area contributed by atoms with E-state index in [0.717, 1.165) is 5.56 Å². The molecule has 3 aromatic rings. The van der Waals surface area contributed by atoms with Gasteiger partial charge >= 0.3 is 0 Å². The fraction of sp³-hybridized carbons (Fsp3) is 0.333. The van der Waals surface area contributed by atoms with E-state index in [-0.39, 0.29) is 17.7 Å². The molecule has 1 heterocycles. The number of ether oxygens (including phenoxy) is 2. The maximum atomic E-state index is 13.3. The van der Waals surface area contributed by atoms with Crippen LogP contribution in [-0.2, 0) is 14.8 Å². The second-order valence-electron chi connectivity index (χ2n) is 7.92. The molecule has 3 rings (SSSR count). The Labute approximate surface area is 200 Å². The second-order valence-corrected chi connectivity index (χ2v) is 9.65. The molecule has 0 aliphatic heterocycles. The van der Waals surface area contributed by atoms with E-state index in [2.05, 4.69) is 15.1 Å². The number of nitrogens with one attached hydrogen (secondary N) is 2. The number of amides is 1. The molecule has 0 aliphatic carbocycles. The van der Waals surface area contributed by atoms with Crippen LogP contribution in [0, 0.1) is 6.92 Å². The number of hydrogen-bond acceptors (Lipinski definition) is 6. The number of methoxy groups -OCH3 is 1. The second kappa shape index (κ2) is 10.8. The zero-order valence-electron chi connectivity index (χ0n) is 20.0. The van der Waals surface area contributed by atoms with Crippen LogP contribution < -0.4 is 14.8 Å². The summed E-state index contributed by atoms with van der Waals surface area (Å²) in [5, 5.41) is 7.42. The molecule has 0 fully saturated rings. The van der Waals surface area contributed by atoms with Gasteiger partial charge in [-0.2, -0.15) is 9.82 Å². The minimum absolute atomic E-state index is 0.0402. The molecule has 2 aromatic carbocycles. The lowest BCUT2D eigenvalue weighted by molar-refractivity contribution is 0.102. The molecule has 0 saturated heterocycles. The summed E-state index contributed by atoms with van der Waals surface area (Å²) in [6.45, 7) is 7.66. The van der Waals surface area contributed by atoms with E-state index in [4.69, 9.17) is 9.47 Å². The standard InChI is InChI=1S/C24H30N4O5S/c1-6-33-15-25-34(30,31)22-13-19(11-10-17(22)4)26-24(29)21-14-28(16(2)3)27-23(21)18-8-7-9-20(12-18)32-5/h7-14,16,25H,6,15H2,1-5H3,(H,26,29). The number of carbonyl (C=O) groups is 1. The highest BCUT2D eigenvalue weighted by atomic mass is 32.2. The van der Waals surface area contributed by atoms with Crippen molar-refractivity contribution in [2.45, 2.75) is 38.6 Å². The third-order valence-corrected chi connectivity index (χ3v) is 6.66. The van der Waals surface area contributed by atoms with E-state index in [0.29, 0.717) is 34.9 Å². The number of nitrogens with zero attached hydrogens (tertiary/aromatic N) is 2. The van der Waals surface area contributed by atoms with Gasteiger partial charge in [0.15, 0.2) is 0 Å². The summed E-state index contributed by atoms with van der Waals surface area (Å²) in [5.74, 6) is 0.245. The molecule has 0 saturated carbocycles. The molecular weight excluding hydrogens is 456 g/mol. The van der Waals surface area contributed by atoms with Gasteiger partial charge in [-0.3, -0.25) is 9.48 Å². The van der Waals surface area contributed by atoms with Crippen molar-refractivity contribution < 1.29 is 22.7 Å². The van der Waals surface area contributed by atoms with E-state index < -0.39 is 15.9 Å². The zero-order chi connectivity index (χ0) is 24.9. The molecule has 2 N–H and O–H groups in total. The molecule has 0 radical (unpaired) electrons. The summed E-state index contributed by atoms with van der Waals surface area (Å²) in [5.41, 5.74) is 2.49. The summed E-state index contributed by atoms with van der Waals surface area (Å²) in [4.78, 5) is 13.3. The van der Waals surface area contributed by atoms with Crippen LogP contribution in [0.15, 0.2) is 53.6 Å². The van der Waals surface area contributed by atoms with Gasteiger partial charge in [-0.1, -0.05) is 18.2 Å². The lowest BCUT2D eigenvalue weighted by atomic mass is 10.1. The van der Waals surface area contributed by atoms with Crippen molar-refractivity contribution in [2.75, 3.05) is 25.8 Å². The first-order valence-corrected chi connectivity index (χ1v) is 12.4. The Hall–Kier alpha value is -3.21. The third kappa shape index (κ3) is 5.82. The van der Waals surface area contributed by atoms with E-state index in [1.807, 2.05) is 38.1 Å². The SMILES string of the molecule is CCOCNS(=O)(=O)c1cc(NC(=O)c2cn(C(C)C)nc2-c2cccc(OC)c2)ccc1C. The molecule has 0 atom stereocenters. The lowest BCUT2D eigenvalue weighted by Gasteiger charge is -2.12. The number of carbonyl (C=O) groups excluding carboxylic acids is 1. The van der Waals surface area contributed by atoms with Gasteiger partial charge < -0.3 is 14.8 Å². The lowest BCUT2D eigenvalue weighted by Crippen LogP contribution is -2.27. The van der Waals surface area contributed by atoms with E-state index in [1.54, 1.807) is 44.0 Å². The highest BCUT2D eigenvalue weighted by Crippen LogP contribution is 2.28. The predicted octanol–water partition coefficient (Wildman–Crippen LogP) is 3.97. The van der Waals surface area contributed by atoms with Crippen LogP contribution in [0.4, 0.5) is 5.69 Å². The van der Waals surface area contributed by atoms with Crippen LogP contribution in [-0.4, -0.2) is 44.6 Å². The van der Waals surface area contributed by atoms with Crippen LogP contribution in [0.1, 0.15) is 42.7 Å². The Balaban J connectivity index is 1.94.